The quantitative estimate of drug-likeness (QED) is 0.637. The summed E-state index contributed by atoms with van der Waals surface area (Å²) in [6.07, 6.45) is 0.950. The first kappa shape index (κ1) is 15.9. The van der Waals surface area contributed by atoms with Crippen molar-refractivity contribution in [1.29, 1.82) is 0 Å². The van der Waals surface area contributed by atoms with Crippen LogP contribution < -0.4 is 5.32 Å². The minimum Gasteiger partial charge on any atom is -0.317 e. The second-order valence-corrected chi connectivity index (χ2v) is 8.97. The maximum absolute atomic E-state index is 12.0. The molecule has 0 aromatic carbocycles. The van der Waals surface area contributed by atoms with Crippen molar-refractivity contribution in [3.63, 3.8) is 0 Å². The number of rotatable bonds is 7. The molecule has 1 N–H and O–H groups in total. The second-order valence-electron chi connectivity index (χ2n) is 4.60. The molecule has 6 nitrogen and oxygen atoms in total. The van der Waals surface area contributed by atoms with Gasteiger partial charge < -0.3 is 5.32 Å². The minimum atomic E-state index is -3.35. The van der Waals surface area contributed by atoms with Crippen LogP contribution in [0.2, 0.25) is 0 Å². The molecule has 18 heavy (non-hydrogen) atoms. The molecule has 1 fully saturated rings. The molecule has 0 aromatic rings. The van der Waals surface area contributed by atoms with Gasteiger partial charge in [0, 0.05) is 13.1 Å². The highest BCUT2D eigenvalue weighted by Crippen LogP contribution is 2.19. The monoisotopic (exact) mass is 298 g/mol. The first-order chi connectivity index (χ1) is 8.28. The van der Waals surface area contributed by atoms with Gasteiger partial charge in [0.05, 0.1) is 17.3 Å². The van der Waals surface area contributed by atoms with E-state index in [4.69, 9.17) is 0 Å². The fourth-order valence-electron chi connectivity index (χ4n) is 1.99. The zero-order chi connectivity index (χ0) is 13.8. The Bertz CT molecular complexity index is 458. The molecule has 0 aromatic heterocycles. The van der Waals surface area contributed by atoms with E-state index in [1.54, 1.807) is 0 Å². The van der Waals surface area contributed by atoms with Crippen LogP contribution in [0.3, 0.4) is 0 Å². The first-order valence-electron chi connectivity index (χ1n) is 6.15. The van der Waals surface area contributed by atoms with Crippen LogP contribution in [-0.2, 0) is 19.9 Å². The molecule has 1 saturated heterocycles. The smallest absolute Gasteiger partial charge is 0.214 e. The van der Waals surface area contributed by atoms with Crippen molar-refractivity contribution in [2.45, 2.75) is 25.8 Å². The molecule has 0 bridgehead atoms. The van der Waals surface area contributed by atoms with Gasteiger partial charge in [-0.2, -0.15) is 0 Å². The molecule has 0 amide bonds. The number of sulfone groups is 1. The predicted octanol–water partition coefficient (Wildman–Crippen LogP) is -0.565. The van der Waals surface area contributed by atoms with Crippen molar-refractivity contribution in [3.05, 3.63) is 0 Å². The highest BCUT2D eigenvalue weighted by molar-refractivity contribution is 7.92. The zero-order valence-electron chi connectivity index (χ0n) is 10.9. The zero-order valence-corrected chi connectivity index (χ0v) is 12.6. The van der Waals surface area contributed by atoms with E-state index in [2.05, 4.69) is 5.32 Å². The van der Waals surface area contributed by atoms with Crippen LogP contribution in [0.5, 0.6) is 0 Å². The predicted molar refractivity (Wildman–Crippen MR) is 71.8 cm³/mol. The fraction of sp³-hybridized carbons (Fsp3) is 1.00. The van der Waals surface area contributed by atoms with Crippen LogP contribution >= 0.6 is 0 Å². The van der Waals surface area contributed by atoms with Gasteiger partial charge in [-0.1, -0.05) is 6.92 Å². The molecule has 1 aliphatic rings. The standard InChI is InChI=1S/C10H22N2O4S2/c1-3-11-6-4-7-18(15,16)12(2)10-5-8-17(13,14)9-10/h10-11H,3-9H2,1-2H3. The van der Waals surface area contributed by atoms with Gasteiger partial charge in [0.2, 0.25) is 10.0 Å². The molecule has 1 heterocycles. The lowest BCUT2D eigenvalue weighted by Gasteiger charge is -2.22. The summed E-state index contributed by atoms with van der Waals surface area (Å²) in [5.41, 5.74) is 0. The molecule has 0 aliphatic carbocycles. The van der Waals surface area contributed by atoms with E-state index < -0.39 is 19.9 Å². The number of nitrogens with one attached hydrogen (secondary N) is 1. The van der Waals surface area contributed by atoms with Crippen LogP contribution in [-0.4, -0.2) is 64.6 Å². The van der Waals surface area contributed by atoms with E-state index in [0.717, 1.165) is 6.54 Å². The Kier molecular flexibility index (Phi) is 5.57. The van der Waals surface area contributed by atoms with Crippen molar-refractivity contribution in [1.82, 2.24) is 9.62 Å². The molecule has 0 saturated carbocycles. The third-order valence-corrected chi connectivity index (χ3v) is 6.90. The van der Waals surface area contributed by atoms with E-state index in [0.29, 0.717) is 19.4 Å². The molecular formula is C10H22N2O4S2. The Morgan fingerprint density at radius 2 is 2.06 bits per heavy atom. The van der Waals surface area contributed by atoms with E-state index >= 15 is 0 Å². The third-order valence-electron chi connectivity index (χ3n) is 3.17. The molecular weight excluding hydrogens is 276 g/mol. The second kappa shape index (κ2) is 6.31. The summed E-state index contributed by atoms with van der Waals surface area (Å²) in [4.78, 5) is 0. The van der Waals surface area contributed by atoms with Crippen LogP contribution in [0.15, 0.2) is 0 Å². The van der Waals surface area contributed by atoms with Crippen molar-refractivity contribution in [2.75, 3.05) is 37.4 Å². The average molecular weight is 298 g/mol. The normalized spacial score (nSPS) is 23.6. The van der Waals surface area contributed by atoms with Crippen LogP contribution in [0.1, 0.15) is 19.8 Å². The maximum Gasteiger partial charge on any atom is 0.214 e. The van der Waals surface area contributed by atoms with Crippen molar-refractivity contribution in [2.24, 2.45) is 0 Å². The molecule has 0 radical (unpaired) electrons. The van der Waals surface area contributed by atoms with Crippen molar-refractivity contribution >= 4 is 19.9 Å². The van der Waals surface area contributed by atoms with Crippen LogP contribution in [0.4, 0.5) is 0 Å². The molecule has 1 atom stereocenters. The summed E-state index contributed by atoms with van der Waals surface area (Å²) in [6.45, 7) is 3.44. The summed E-state index contributed by atoms with van der Waals surface area (Å²) < 4.78 is 47.9. The highest BCUT2D eigenvalue weighted by Gasteiger charge is 2.35. The largest absolute Gasteiger partial charge is 0.317 e. The van der Waals surface area contributed by atoms with Gasteiger partial charge in [-0.25, -0.2) is 21.1 Å². The molecule has 1 rings (SSSR count). The minimum absolute atomic E-state index is 0.0457. The Morgan fingerprint density at radius 1 is 1.39 bits per heavy atom. The number of hydrogen-bond acceptors (Lipinski definition) is 5. The van der Waals surface area contributed by atoms with Gasteiger partial charge >= 0.3 is 0 Å². The summed E-state index contributed by atoms with van der Waals surface area (Å²) in [6, 6.07) is -0.390. The number of hydrogen-bond donors (Lipinski definition) is 1. The fourth-order valence-corrected chi connectivity index (χ4v) is 5.29. The van der Waals surface area contributed by atoms with E-state index in [1.807, 2.05) is 6.92 Å². The summed E-state index contributed by atoms with van der Waals surface area (Å²) >= 11 is 0. The lowest BCUT2D eigenvalue weighted by molar-refractivity contribution is 0.393. The van der Waals surface area contributed by atoms with E-state index in [1.165, 1.54) is 11.4 Å². The van der Waals surface area contributed by atoms with Crippen molar-refractivity contribution < 1.29 is 16.8 Å². The molecule has 1 aliphatic heterocycles. The summed E-state index contributed by atoms with van der Waals surface area (Å²) in [5.74, 6) is 0.109. The molecule has 1 unspecified atom stereocenters. The first-order valence-corrected chi connectivity index (χ1v) is 9.58. The Labute approximate surface area is 110 Å². The van der Waals surface area contributed by atoms with Gasteiger partial charge in [0.15, 0.2) is 9.84 Å². The molecule has 8 heteroatoms. The average Bonchev–Trinajstić information content (AvgIpc) is 2.64. The maximum atomic E-state index is 12.0. The topological polar surface area (TPSA) is 83.6 Å². The lowest BCUT2D eigenvalue weighted by Crippen LogP contribution is -2.39. The summed E-state index contributed by atoms with van der Waals surface area (Å²) in [5, 5.41) is 3.06. The summed E-state index contributed by atoms with van der Waals surface area (Å²) in [7, 11) is -4.91. The Morgan fingerprint density at radius 3 is 2.56 bits per heavy atom. The van der Waals surface area contributed by atoms with Crippen molar-refractivity contribution in [3.8, 4) is 0 Å². The van der Waals surface area contributed by atoms with Crippen LogP contribution in [0.25, 0.3) is 0 Å². The third kappa shape index (κ3) is 4.49. The van der Waals surface area contributed by atoms with E-state index in [-0.39, 0.29) is 23.3 Å². The van der Waals surface area contributed by atoms with Gasteiger partial charge in [-0.15, -0.1) is 0 Å². The highest BCUT2D eigenvalue weighted by atomic mass is 32.2. The number of sulfonamides is 1. The van der Waals surface area contributed by atoms with Gasteiger partial charge in [-0.05, 0) is 25.9 Å². The lowest BCUT2D eigenvalue weighted by atomic mass is 10.3. The van der Waals surface area contributed by atoms with Gasteiger partial charge in [-0.3, -0.25) is 0 Å². The van der Waals surface area contributed by atoms with E-state index in [9.17, 15) is 16.8 Å². The molecule has 108 valence electrons. The Hall–Kier alpha value is -0.180. The Balaban J connectivity index is 2.52. The van der Waals surface area contributed by atoms with Gasteiger partial charge in [0.1, 0.15) is 0 Å². The SMILES string of the molecule is CCNCCCS(=O)(=O)N(C)C1CCS(=O)(=O)C1. The van der Waals surface area contributed by atoms with Crippen LogP contribution in [0, 0.1) is 0 Å². The number of nitrogens with zero attached hydrogens (tertiary/aromatic N) is 1. The van der Waals surface area contributed by atoms with Gasteiger partial charge in [0.25, 0.3) is 0 Å². The molecule has 0 spiro atoms.